The van der Waals surface area contributed by atoms with E-state index >= 15 is 0 Å². The van der Waals surface area contributed by atoms with E-state index in [2.05, 4.69) is 0 Å². The Morgan fingerprint density at radius 3 is 2.30 bits per heavy atom. The Balaban J connectivity index is 2.04. The van der Waals surface area contributed by atoms with Gasteiger partial charge in [0.05, 0.1) is 19.0 Å². The van der Waals surface area contributed by atoms with Crippen LogP contribution in [0.25, 0.3) is 5.69 Å². The highest BCUT2D eigenvalue weighted by atomic mass is 16.5. The van der Waals surface area contributed by atoms with Gasteiger partial charge in [-0.25, -0.2) is 4.79 Å². The molecule has 0 saturated heterocycles. The van der Waals surface area contributed by atoms with Gasteiger partial charge in [-0.15, -0.1) is 0 Å². The van der Waals surface area contributed by atoms with E-state index in [1.54, 1.807) is 36.4 Å². The molecule has 0 aliphatic heterocycles. The van der Waals surface area contributed by atoms with Gasteiger partial charge in [-0.05, 0) is 36.4 Å². The molecule has 3 rings (SSSR count). The molecule has 6 nitrogen and oxygen atoms in total. The summed E-state index contributed by atoms with van der Waals surface area (Å²) in [7, 11) is 1.52. The summed E-state index contributed by atoms with van der Waals surface area (Å²) in [5.41, 5.74) is 0.206. The zero-order chi connectivity index (χ0) is 16.4. The molecule has 0 aliphatic carbocycles. The van der Waals surface area contributed by atoms with E-state index in [9.17, 15) is 14.7 Å². The van der Waals surface area contributed by atoms with Crippen LogP contribution in [0.15, 0.2) is 65.6 Å². The van der Waals surface area contributed by atoms with Crippen LogP contribution >= 0.6 is 0 Å². The number of aromatic hydroxyl groups is 1. The minimum absolute atomic E-state index is 0.272. The number of methoxy groups -OCH3 is 1. The van der Waals surface area contributed by atoms with E-state index < -0.39 is 17.5 Å². The van der Waals surface area contributed by atoms with Crippen molar-refractivity contribution in [2.24, 2.45) is 0 Å². The summed E-state index contributed by atoms with van der Waals surface area (Å²) in [4.78, 5) is 24.9. The van der Waals surface area contributed by atoms with Crippen molar-refractivity contribution in [2.75, 3.05) is 7.11 Å². The van der Waals surface area contributed by atoms with Gasteiger partial charge in [-0.3, -0.25) is 9.36 Å². The van der Waals surface area contributed by atoms with E-state index in [4.69, 9.17) is 4.74 Å². The predicted octanol–water partition coefficient (Wildman–Crippen LogP) is 2.04. The predicted molar refractivity (Wildman–Crippen MR) is 84.4 cm³/mol. The van der Waals surface area contributed by atoms with Gasteiger partial charge in [0.1, 0.15) is 5.75 Å². The van der Waals surface area contributed by atoms with Crippen molar-refractivity contribution in [2.45, 2.75) is 0 Å². The summed E-state index contributed by atoms with van der Waals surface area (Å²) in [5, 5.41) is 10.0. The van der Waals surface area contributed by atoms with Crippen LogP contribution < -0.4 is 10.4 Å². The smallest absolute Gasteiger partial charge is 0.342 e. The molecule has 1 aromatic heterocycles. The lowest BCUT2D eigenvalue weighted by Gasteiger charge is -2.04. The molecule has 1 N–H and O–H groups in total. The molecule has 0 unspecified atom stereocenters. The number of aromatic nitrogens is 2. The molecular formula is C17H14N2O4. The third-order valence-electron chi connectivity index (χ3n) is 3.45. The number of carbonyl (C=O) groups is 1. The first-order valence-electron chi connectivity index (χ1n) is 6.89. The molecular weight excluding hydrogens is 296 g/mol. The van der Waals surface area contributed by atoms with E-state index in [0.29, 0.717) is 11.4 Å². The van der Waals surface area contributed by atoms with Crippen molar-refractivity contribution in [1.29, 1.82) is 0 Å². The van der Waals surface area contributed by atoms with Crippen LogP contribution in [0.1, 0.15) is 10.4 Å². The lowest BCUT2D eigenvalue weighted by atomic mass is 10.2. The molecule has 1 heterocycles. The number of para-hydroxylation sites is 1. The summed E-state index contributed by atoms with van der Waals surface area (Å²) in [6.07, 6.45) is 1.22. The van der Waals surface area contributed by atoms with Crippen LogP contribution in [0.5, 0.6) is 11.6 Å². The number of hydrogen-bond donors (Lipinski definition) is 1. The highest BCUT2D eigenvalue weighted by Crippen LogP contribution is 2.16. The Morgan fingerprint density at radius 2 is 1.70 bits per heavy atom. The number of carbonyl (C=O) groups excluding carboxylic acids is 1. The molecule has 0 atom stereocenters. The van der Waals surface area contributed by atoms with Gasteiger partial charge in [-0.2, -0.15) is 4.57 Å². The summed E-state index contributed by atoms with van der Waals surface area (Å²) in [6, 6.07) is 15.1. The molecule has 2 aromatic carbocycles. The van der Waals surface area contributed by atoms with Crippen molar-refractivity contribution in [3.63, 3.8) is 0 Å². The Kier molecular flexibility index (Phi) is 3.72. The Bertz CT molecular complexity index is 893. The number of benzene rings is 2. The maximum Gasteiger partial charge on any atom is 0.342 e. The van der Waals surface area contributed by atoms with Crippen LogP contribution in [0.2, 0.25) is 0 Å². The summed E-state index contributed by atoms with van der Waals surface area (Å²) >= 11 is 0. The minimum Gasteiger partial charge on any atom is -0.497 e. The fraction of sp³-hybridized carbons (Fsp3) is 0.0588. The number of nitrogens with zero attached hydrogens (tertiary/aromatic N) is 2. The Morgan fingerprint density at radius 1 is 1.04 bits per heavy atom. The van der Waals surface area contributed by atoms with Gasteiger partial charge in [0, 0.05) is 5.56 Å². The van der Waals surface area contributed by atoms with E-state index in [1.165, 1.54) is 30.0 Å². The molecule has 0 spiro atoms. The quantitative estimate of drug-likeness (QED) is 0.803. The summed E-state index contributed by atoms with van der Waals surface area (Å²) < 4.78 is 6.98. The summed E-state index contributed by atoms with van der Waals surface area (Å²) in [6.45, 7) is 0. The second-order valence-electron chi connectivity index (χ2n) is 4.84. The second kappa shape index (κ2) is 5.84. The van der Waals surface area contributed by atoms with Gasteiger partial charge in [0.2, 0.25) is 5.88 Å². The number of ether oxygens (including phenoxy) is 1. The topological polar surface area (TPSA) is 73.5 Å². The van der Waals surface area contributed by atoms with Crippen LogP contribution in [-0.4, -0.2) is 27.3 Å². The second-order valence-corrected chi connectivity index (χ2v) is 4.84. The van der Waals surface area contributed by atoms with E-state index in [1.807, 2.05) is 6.07 Å². The van der Waals surface area contributed by atoms with Gasteiger partial charge >= 0.3 is 5.69 Å². The van der Waals surface area contributed by atoms with Crippen LogP contribution in [-0.2, 0) is 0 Å². The molecule has 0 saturated carbocycles. The Hall–Kier alpha value is -3.28. The summed E-state index contributed by atoms with van der Waals surface area (Å²) in [5.74, 6) is -0.426. The lowest BCUT2D eigenvalue weighted by molar-refractivity contribution is 0.0947. The third-order valence-corrected chi connectivity index (χ3v) is 3.45. The molecule has 0 amide bonds. The zero-order valence-corrected chi connectivity index (χ0v) is 12.3. The third kappa shape index (κ3) is 2.62. The van der Waals surface area contributed by atoms with Crippen molar-refractivity contribution in [1.82, 2.24) is 9.13 Å². The van der Waals surface area contributed by atoms with Crippen LogP contribution in [0.3, 0.4) is 0 Å². The van der Waals surface area contributed by atoms with Crippen molar-refractivity contribution in [3.05, 3.63) is 76.8 Å². The maximum absolute atomic E-state index is 12.5. The highest BCUT2D eigenvalue weighted by Gasteiger charge is 2.19. The monoisotopic (exact) mass is 310 g/mol. The molecule has 116 valence electrons. The van der Waals surface area contributed by atoms with Crippen LogP contribution in [0, 0.1) is 0 Å². The largest absolute Gasteiger partial charge is 0.497 e. The van der Waals surface area contributed by atoms with Crippen molar-refractivity contribution >= 4 is 5.91 Å². The average Bonchev–Trinajstić information content (AvgIpc) is 2.89. The fourth-order valence-corrected chi connectivity index (χ4v) is 2.26. The normalized spacial score (nSPS) is 10.5. The van der Waals surface area contributed by atoms with Gasteiger partial charge in [0.15, 0.2) is 0 Å². The lowest BCUT2D eigenvalue weighted by Crippen LogP contribution is -2.28. The maximum atomic E-state index is 12.5. The Labute approximate surface area is 131 Å². The standard InChI is InChI=1S/C17H14N2O4/c1-23-14-9-7-12(8-10-14)16(21)19-15(20)11-18(17(19)22)13-5-3-2-4-6-13/h2-11,20H,1H3. The van der Waals surface area contributed by atoms with Gasteiger partial charge < -0.3 is 9.84 Å². The molecule has 0 radical (unpaired) electrons. The van der Waals surface area contributed by atoms with Gasteiger partial charge in [-0.1, -0.05) is 18.2 Å². The fourth-order valence-electron chi connectivity index (χ4n) is 2.26. The van der Waals surface area contributed by atoms with Crippen LogP contribution in [0.4, 0.5) is 0 Å². The van der Waals surface area contributed by atoms with Gasteiger partial charge in [0.25, 0.3) is 5.91 Å². The molecule has 0 bridgehead atoms. The number of rotatable bonds is 3. The first kappa shape index (κ1) is 14.6. The molecule has 3 aromatic rings. The number of imidazole rings is 1. The zero-order valence-electron chi connectivity index (χ0n) is 12.3. The van der Waals surface area contributed by atoms with Crippen molar-refractivity contribution < 1.29 is 14.6 Å². The minimum atomic E-state index is -0.630. The average molecular weight is 310 g/mol. The molecule has 0 aliphatic rings. The number of hydrogen-bond acceptors (Lipinski definition) is 4. The first-order chi connectivity index (χ1) is 11.1. The highest BCUT2D eigenvalue weighted by molar-refractivity contribution is 5.96. The van der Waals surface area contributed by atoms with E-state index in [-0.39, 0.29) is 5.56 Å². The molecule has 23 heavy (non-hydrogen) atoms. The first-order valence-corrected chi connectivity index (χ1v) is 6.89. The van der Waals surface area contributed by atoms with E-state index in [0.717, 1.165) is 4.57 Å². The molecule has 0 fully saturated rings. The van der Waals surface area contributed by atoms with Crippen molar-refractivity contribution in [3.8, 4) is 17.3 Å². The molecule has 6 heteroatoms. The SMILES string of the molecule is COc1ccc(C(=O)n2c(O)cn(-c3ccccc3)c2=O)cc1.